The molecular formula is C9H8N2O2S. The highest BCUT2D eigenvalue weighted by atomic mass is 32.1. The molecule has 72 valence electrons. The molecule has 3 N–H and O–H groups in total. The van der Waals surface area contributed by atoms with Crippen LogP contribution in [0.15, 0.2) is 30.5 Å². The Morgan fingerprint density at radius 3 is 2.57 bits per heavy atom. The van der Waals surface area contributed by atoms with Crippen LogP contribution in [0.5, 0.6) is 16.7 Å². The Bertz CT molecular complexity index is 425. The Balaban J connectivity index is 2.15. The number of ether oxygens (including phenoxy) is 1. The van der Waals surface area contributed by atoms with E-state index in [-0.39, 0.29) is 5.75 Å². The SMILES string of the molecule is Nc1cnc(Oc2ccc(O)cc2)s1. The summed E-state index contributed by atoms with van der Waals surface area (Å²) >= 11 is 1.27. The first-order valence-corrected chi connectivity index (χ1v) is 4.74. The van der Waals surface area contributed by atoms with Crippen LogP contribution in [0.4, 0.5) is 5.00 Å². The average Bonchev–Trinajstić information content (AvgIpc) is 2.56. The summed E-state index contributed by atoms with van der Waals surface area (Å²) in [6, 6.07) is 6.42. The molecule has 14 heavy (non-hydrogen) atoms. The monoisotopic (exact) mass is 208 g/mol. The van der Waals surface area contributed by atoms with E-state index in [1.807, 2.05) is 0 Å². The number of nitrogens with two attached hydrogens (primary N) is 1. The third kappa shape index (κ3) is 1.94. The highest BCUT2D eigenvalue weighted by Gasteiger charge is 2.01. The normalized spacial score (nSPS) is 10.0. The minimum atomic E-state index is 0.205. The van der Waals surface area contributed by atoms with Crippen molar-refractivity contribution in [2.75, 3.05) is 5.73 Å². The molecule has 0 aliphatic heterocycles. The van der Waals surface area contributed by atoms with E-state index in [0.29, 0.717) is 15.9 Å². The van der Waals surface area contributed by atoms with Crippen LogP contribution in [-0.2, 0) is 0 Å². The van der Waals surface area contributed by atoms with E-state index >= 15 is 0 Å². The van der Waals surface area contributed by atoms with Gasteiger partial charge in [0.1, 0.15) is 16.5 Å². The van der Waals surface area contributed by atoms with Gasteiger partial charge in [-0.15, -0.1) is 0 Å². The Labute approximate surface area is 84.6 Å². The summed E-state index contributed by atoms with van der Waals surface area (Å²) in [5.41, 5.74) is 5.49. The molecule has 0 bridgehead atoms. The predicted molar refractivity (Wildman–Crippen MR) is 54.7 cm³/mol. The molecule has 0 aliphatic rings. The third-order valence-corrected chi connectivity index (χ3v) is 2.25. The standard InChI is InChI=1S/C9H8N2O2S/c10-8-5-11-9(14-8)13-7-3-1-6(12)2-4-7/h1-5,12H,10H2. The van der Waals surface area contributed by atoms with Gasteiger partial charge in [0.15, 0.2) is 0 Å². The molecule has 0 saturated carbocycles. The number of rotatable bonds is 2. The first-order valence-electron chi connectivity index (χ1n) is 3.92. The minimum absolute atomic E-state index is 0.205. The fourth-order valence-electron chi connectivity index (χ4n) is 0.932. The number of anilines is 1. The van der Waals surface area contributed by atoms with Gasteiger partial charge >= 0.3 is 0 Å². The first-order chi connectivity index (χ1) is 6.74. The van der Waals surface area contributed by atoms with Gasteiger partial charge in [-0.05, 0) is 24.3 Å². The molecule has 0 aliphatic carbocycles. The molecule has 1 aromatic heterocycles. The highest BCUT2D eigenvalue weighted by molar-refractivity contribution is 7.17. The van der Waals surface area contributed by atoms with Crippen molar-refractivity contribution in [3.05, 3.63) is 30.5 Å². The zero-order chi connectivity index (χ0) is 9.97. The lowest BCUT2D eigenvalue weighted by atomic mass is 10.3. The van der Waals surface area contributed by atoms with Crippen molar-refractivity contribution in [2.24, 2.45) is 0 Å². The predicted octanol–water partition coefficient (Wildman–Crippen LogP) is 2.22. The van der Waals surface area contributed by atoms with Crippen molar-refractivity contribution in [2.45, 2.75) is 0 Å². The van der Waals surface area contributed by atoms with Crippen LogP contribution in [0.1, 0.15) is 0 Å². The van der Waals surface area contributed by atoms with Crippen LogP contribution < -0.4 is 10.5 Å². The minimum Gasteiger partial charge on any atom is -0.508 e. The fourth-order valence-corrected chi connectivity index (χ4v) is 1.48. The highest BCUT2D eigenvalue weighted by Crippen LogP contribution is 2.28. The van der Waals surface area contributed by atoms with Gasteiger partial charge in [-0.25, -0.2) is 4.98 Å². The summed E-state index contributed by atoms with van der Waals surface area (Å²) < 4.78 is 5.37. The molecule has 0 saturated heterocycles. The Morgan fingerprint density at radius 1 is 1.29 bits per heavy atom. The second kappa shape index (κ2) is 3.55. The molecule has 2 rings (SSSR count). The van der Waals surface area contributed by atoms with Crippen molar-refractivity contribution in [3.63, 3.8) is 0 Å². The van der Waals surface area contributed by atoms with Crippen molar-refractivity contribution in [3.8, 4) is 16.7 Å². The maximum absolute atomic E-state index is 9.04. The summed E-state index contributed by atoms with van der Waals surface area (Å²) in [5, 5.41) is 10.1. The van der Waals surface area contributed by atoms with Gasteiger partial charge in [-0.3, -0.25) is 0 Å². The number of benzene rings is 1. The maximum atomic E-state index is 9.04. The van der Waals surface area contributed by atoms with Crippen LogP contribution in [0.3, 0.4) is 0 Å². The van der Waals surface area contributed by atoms with Gasteiger partial charge in [0.05, 0.1) is 6.20 Å². The molecule has 0 amide bonds. The Hall–Kier alpha value is -1.75. The van der Waals surface area contributed by atoms with Gasteiger partial charge in [-0.1, -0.05) is 11.3 Å². The molecule has 5 heteroatoms. The maximum Gasteiger partial charge on any atom is 0.280 e. The number of phenols is 1. The van der Waals surface area contributed by atoms with E-state index < -0.39 is 0 Å². The number of aromatic hydroxyl groups is 1. The number of phenolic OH excluding ortho intramolecular Hbond substituents is 1. The third-order valence-electron chi connectivity index (χ3n) is 1.54. The quantitative estimate of drug-likeness (QED) is 0.794. The summed E-state index contributed by atoms with van der Waals surface area (Å²) in [7, 11) is 0. The van der Waals surface area contributed by atoms with E-state index in [0.717, 1.165) is 0 Å². The van der Waals surface area contributed by atoms with E-state index in [2.05, 4.69) is 4.98 Å². The summed E-state index contributed by atoms with van der Waals surface area (Å²) in [6.45, 7) is 0. The number of nitrogen functional groups attached to an aromatic ring is 1. The molecule has 2 aromatic rings. The summed E-state index contributed by atoms with van der Waals surface area (Å²) in [4.78, 5) is 3.94. The lowest BCUT2D eigenvalue weighted by Crippen LogP contribution is -1.81. The van der Waals surface area contributed by atoms with Crippen LogP contribution >= 0.6 is 11.3 Å². The van der Waals surface area contributed by atoms with Gasteiger partial charge in [0.25, 0.3) is 5.19 Å². The van der Waals surface area contributed by atoms with Crippen LogP contribution in [-0.4, -0.2) is 10.1 Å². The molecule has 0 fully saturated rings. The molecule has 4 nitrogen and oxygen atoms in total. The Morgan fingerprint density at radius 2 is 2.00 bits per heavy atom. The number of aromatic nitrogens is 1. The second-order valence-electron chi connectivity index (χ2n) is 2.62. The van der Waals surface area contributed by atoms with Crippen molar-refractivity contribution in [1.82, 2.24) is 4.98 Å². The van der Waals surface area contributed by atoms with Crippen molar-refractivity contribution >= 4 is 16.3 Å². The molecule has 0 unspecified atom stereocenters. The van der Waals surface area contributed by atoms with Crippen LogP contribution in [0.2, 0.25) is 0 Å². The van der Waals surface area contributed by atoms with Gasteiger partial charge in [0, 0.05) is 0 Å². The molecule has 0 atom stereocenters. The van der Waals surface area contributed by atoms with E-state index in [1.54, 1.807) is 30.5 Å². The molecular weight excluding hydrogens is 200 g/mol. The van der Waals surface area contributed by atoms with Crippen LogP contribution in [0.25, 0.3) is 0 Å². The second-order valence-corrected chi connectivity index (χ2v) is 3.65. The molecule has 0 spiro atoms. The summed E-state index contributed by atoms with van der Waals surface area (Å²) in [6.07, 6.45) is 1.54. The van der Waals surface area contributed by atoms with Crippen molar-refractivity contribution < 1.29 is 9.84 Å². The van der Waals surface area contributed by atoms with Crippen molar-refractivity contribution in [1.29, 1.82) is 0 Å². The lowest BCUT2D eigenvalue weighted by molar-refractivity contribution is 0.463. The lowest BCUT2D eigenvalue weighted by Gasteiger charge is -2.00. The smallest absolute Gasteiger partial charge is 0.280 e. The van der Waals surface area contributed by atoms with Gasteiger partial charge < -0.3 is 15.6 Å². The van der Waals surface area contributed by atoms with E-state index in [1.165, 1.54) is 11.3 Å². The molecule has 1 aromatic carbocycles. The molecule has 0 radical (unpaired) electrons. The summed E-state index contributed by atoms with van der Waals surface area (Å²) in [5.74, 6) is 0.827. The molecule has 1 heterocycles. The van der Waals surface area contributed by atoms with E-state index in [4.69, 9.17) is 15.6 Å². The zero-order valence-corrected chi connectivity index (χ0v) is 7.99. The zero-order valence-electron chi connectivity index (χ0n) is 7.18. The van der Waals surface area contributed by atoms with Gasteiger partial charge in [-0.2, -0.15) is 0 Å². The largest absolute Gasteiger partial charge is 0.508 e. The van der Waals surface area contributed by atoms with E-state index in [9.17, 15) is 0 Å². The fraction of sp³-hybridized carbons (Fsp3) is 0. The average molecular weight is 208 g/mol. The van der Waals surface area contributed by atoms with Crippen LogP contribution in [0, 0.1) is 0 Å². The number of thiazole rings is 1. The Kier molecular flexibility index (Phi) is 2.24. The first kappa shape index (κ1) is 8.83. The topological polar surface area (TPSA) is 68.4 Å². The number of hydrogen-bond donors (Lipinski definition) is 2. The number of nitrogens with zero attached hydrogens (tertiary/aromatic N) is 1. The van der Waals surface area contributed by atoms with Gasteiger partial charge in [0.2, 0.25) is 0 Å². The number of hydrogen-bond acceptors (Lipinski definition) is 5.